The van der Waals surface area contributed by atoms with E-state index in [2.05, 4.69) is 5.32 Å². The van der Waals surface area contributed by atoms with E-state index < -0.39 is 0 Å². The first-order valence-corrected chi connectivity index (χ1v) is 6.73. The molecule has 5 heteroatoms. The Balaban J connectivity index is 2.25. The Morgan fingerprint density at radius 1 is 1.39 bits per heavy atom. The molecule has 1 aliphatic carbocycles. The number of hydrogen-bond donors (Lipinski definition) is 2. The van der Waals surface area contributed by atoms with E-state index in [0.29, 0.717) is 18.4 Å². The highest BCUT2D eigenvalue weighted by atomic mass is 16.2. The van der Waals surface area contributed by atoms with Crippen LogP contribution in [0.25, 0.3) is 0 Å². The van der Waals surface area contributed by atoms with E-state index in [1.54, 1.807) is 14.1 Å². The number of likely N-dealkylation sites (N-methyl/N-ethyl adjacent to an activating group) is 2. The molecule has 2 amide bonds. The summed E-state index contributed by atoms with van der Waals surface area (Å²) in [5.74, 6) is 0.481. The lowest BCUT2D eigenvalue weighted by atomic mass is 9.83. The van der Waals surface area contributed by atoms with Crippen LogP contribution >= 0.6 is 0 Å². The van der Waals surface area contributed by atoms with Gasteiger partial charge >= 0.3 is 0 Å². The fourth-order valence-electron chi connectivity index (χ4n) is 2.50. The average Bonchev–Trinajstić information content (AvgIpc) is 2.35. The molecule has 0 aromatic heterocycles. The van der Waals surface area contributed by atoms with Gasteiger partial charge in [-0.05, 0) is 25.2 Å². The first-order chi connectivity index (χ1) is 8.52. The lowest BCUT2D eigenvalue weighted by Gasteiger charge is -2.27. The van der Waals surface area contributed by atoms with E-state index in [9.17, 15) is 9.59 Å². The van der Waals surface area contributed by atoms with Crippen molar-refractivity contribution in [3.8, 4) is 0 Å². The Hall–Kier alpha value is -1.10. The molecule has 0 heterocycles. The Morgan fingerprint density at radius 2 is 2.11 bits per heavy atom. The molecule has 1 rings (SSSR count). The summed E-state index contributed by atoms with van der Waals surface area (Å²) in [5, 5.41) is 2.51. The molecule has 0 aromatic rings. The number of nitrogens with one attached hydrogen (secondary N) is 1. The summed E-state index contributed by atoms with van der Waals surface area (Å²) >= 11 is 0. The van der Waals surface area contributed by atoms with Crippen LogP contribution in [-0.2, 0) is 9.59 Å². The second-order valence-electron chi connectivity index (χ2n) is 5.25. The average molecular weight is 255 g/mol. The van der Waals surface area contributed by atoms with E-state index in [0.717, 1.165) is 19.3 Å². The van der Waals surface area contributed by atoms with Crippen molar-refractivity contribution in [2.75, 3.05) is 20.6 Å². The molecule has 0 saturated heterocycles. The highest BCUT2D eigenvalue weighted by Crippen LogP contribution is 2.26. The number of carbonyl (C=O) groups is 2. The standard InChI is InChI=1S/C13H25N3O2/c1-15-12(17)9-16(2)13(18)7-6-10-4-3-5-11(14)8-10/h10-11H,3-9,14H2,1-2H3,(H,15,17). The van der Waals surface area contributed by atoms with Crippen molar-refractivity contribution in [1.82, 2.24) is 10.2 Å². The molecule has 2 atom stereocenters. The zero-order valence-electron chi connectivity index (χ0n) is 11.4. The Bertz CT molecular complexity index is 294. The van der Waals surface area contributed by atoms with E-state index in [1.165, 1.54) is 17.7 Å². The molecule has 0 spiro atoms. The lowest BCUT2D eigenvalue weighted by Crippen LogP contribution is -2.37. The predicted octanol–water partition coefficient (Wildman–Crippen LogP) is 0.489. The maximum Gasteiger partial charge on any atom is 0.239 e. The predicted molar refractivity (Wildman–Crippen MR) is 70.9 cm³/mol. The molecule has 104 valence electrons. The summed E-state index contributed by atoms with van der Waals surface area (Å²) in [5.41, 5.74) is 5.93. The summed E-state index contributed by atoms with van der Waals surface area (Å²) in [4.78, 5) is 24.5. The minimum atomic E-state index is -0.134. The minimum absolute atomic E-state index is 0.0396. The van der Waals surface area contributed by atoms with Gasteiger partial charge in [0.25, 0.3) is 0 Å². The third-order valence-corrected chi connectivity index (χ3v) is 3.68. The van der Waals surface area contributed by atoms with Gasteiger partial charge in [-0.2, -0.15) is 0 Å². The molecule has 0 aromatic carbocycles. The van der Waals surface area contributed by atoms with Gasteiger partial charge in [-0.1, -0.05) is 12.8 Å². The Kier molecular flexibility index (Phi) is 6.12. The summed E-state index contributed by atoms with van der Waals surface area (Å²) in [6.07, 6.45) is 5.91. The lowest BCUT2D eigenvalue weighted by molar-refractivity contribution is -0.134. The van der Waals surface area contributed by atoms with Crippen LogP contribution in [0.4, 0.5) is 0 Å². The van der Waals surface area contributed by atoms with Crippen LogP contribution in [0.1, 0.15) is 38.5 Å². The summed E-state index contributed by atoms with van der Waals surface area (Å²) < 4.78 is 0. The van der Waals surface area contributed by atoms with Crippen molar-refractivity contribution in [2.24, 2.45) is 11.7 Å². The number of nitrogens with two attached hydrogens (primary N) is 1. The van der Waals surface area contributed by atoms with Crippen LogP contribution < -0.4 is 11.1 Å². The van der Waals surface area contributed by atoms with E-state index in [4.69, 9.17) is 5.73 Å². The SMILES string of the molecule is CNC(=O)CN(C)C(=O)CCC1CCCC(N)C1. The second-order valence-corrected chi connectivity index (χ2v) is 5.25. The minimum Gasteiger partial charge on any atom is -0.358 e. The smallest absolute Gasteiger partial charge is 0.239 e. The van der Waals surface area contributed by atoms with Gasteiger partial charge < -0.3 is 16.0 Å². The molecule has 0 bridgehead atoms. The van der Waals surface area contributed by atoms with E-state index in [-0.39, 0.29) is 18.4 Å². The van der Waals surface area contributed by atoms with Crippen LogP contribution in [0.3, 0.4) is 0 Å². The molecule has 0 aliphatic heterocycles. The maximum atomic E-state index is 11.8. The van der Waals surface area contributed by atoms with Crippen LogP contribution in [0.15, 0.2) is 0 Å². The second kappa shape index (κ2) is 7.36. The fraction of sp³-hybridized carbons (Fsp3) is 0.846. The quantitative estimate of drug-likeness (QED) is 0.750. The van der Waals surface area contributed by atoms with Gasteiger partial charge in [0.1, 0.15) is 0 Å². The Labute approximate surface area is 109 Å². The summed E-state index contributed by atoms with van der Waals surface area (Å²) in [6.45, 7) is 0.138. The van der Waals surface area contributed by atoms with Crippen molar-refractivity contribution in [3.05, 3.63) is 0 Å². The third kappa shape index (κ3) is 5.04. The first kappa shape index (κ1) is 15.0. The van der Waals surface area contributed by atoms with E-state index >= 15 is 0 Å². The molecule has 3 N–H and O–H groups in total. The van der Waals surface area contributed by atoms with Crippen LogP contribution in [0, 0.1) is 5.92 Å². The zero-order valence-corrected chi connectivity index (χ0v) is 11.4. The fourth-order valence-corrected chi connectivity index (χ4v) is 2.50. The third-order valence-electron chi connectivity index (χ3n) is 3.68. The molecule has 1 fully saturated rings. The van der Waals surface area contributed by atoms with Crippen molar-refractivity contribution in [2.45, 2.75) is 44.6 Å². The van der Waals surface area contributed by atoms with Gasteiger partial charge in [0.05, 0.1) is 6.54 Å². The van der Waals surface area contributed by atoms with Gasteiger partial charge in [-0.3, -0.25) is 9.59 Å². The molecule has 18 heavy (non-hydrogen) atoms. The molecule has 0 radical (unpaired) electrons. The maximum absolute atomic E-state index is 11.8. The van der Waals surface area contributed by atoms with Gasteiger partial charge in [0, 0.05) is 26.6 Å². The number of rotatable bonds is 5. The highest BCUT2D eigenvalue weighted by molar-refractivity contribution is 5.84. The number of hydrogen-bond acceptors (Lipinski definition) is 3. The molecule has 2 unspecified atom stereocenters. The monoisotopic (exact) mass is 255 g/mol. The van der Waals surface area contributed by atoms with Gasteiger partial charge in [0.15, 0.2) is 0 Å². The molecule has 5 nitrogen and oxygen atoms in total. The molecular formula is C13H25N3O2. The normalized spacial score (nSPS) is 23.5. The summed E-state index contributed by atoms with van der Waals surface area (Å²) in [6, 6.07) is 0.308. The summed E-state index contributed by atoms with van der Waals surface area (Å²) in [7, 11) is 3.24. The van der Waals surface area contributed by atoms with Crippen LogP contribution in [0.5, 0.6) is 0 Å². The van der Waals surface area contributed by atoms with Gasteiger partial charge in [-0.25, -0.2) is 0 Å². The van der Waals surface area contributed by atoms with Crippen LogP contribution in [0.2, 0.25) is 0 Å². The number of nitrogens with zero attached hydrogens (tertiary/aromatic N) is 1. The molecule has 1 saturated carbocycles. The Morgan fingerprint density at radius 3 is 2.72 bits per heavy atom. The topological polar surface area (TPSA) is 75.4 Å². The van der Waals surface area contributed by atoms with Crippen molar-refractivity contribution < 1.29 is 9.59 Å². The van der Waals surface area contributed by atoms with E-state index in [1.807, 2.05) is 0 Å². The highest BCUT2D eigenvalue weighted by Gasteiger charge is 2.21. The zero-order chi connectivity index (χ0) is 13.5. The number of carbonyl (C=O) groups excluding carboxylic acids is 2. The number of amides is 2. The van der Waals surface area contributed by atoms with Crippen molar-refractivity contribution >= 4 is 11.8 Å². The molecule has 1 aliphatic rings. The van der Waals surface area contributed by atoms with Gasteiger partial charge in [-0.15, -0.1) is 0 Å². The molecular weight excluding hydrogens is 230 g/mol. The largest absolute Gasteiger partial charge is 0.358 e. The van der Waals surface area contributed by atoms with Gasteiger partial charge in [0.2, 0.25) is 11.8 Å². The van der Waals surface area contributed by atoms with Crippen LogP contribution in [-0.4, -0.2) is 43.4 Å². The van der Waals surface area contributed by atoms with Crippen molar-refractivity contribution in [3.63, 3.8) is 0 Å². The first-order valence-electron chi connectivity index (χ1n) is 6.73. The van der Waals surface area contributed by atoms with Crippen molar-refractivity contribution in [1.29, 1.82) is 0 Å².